The first-order valence-electron chi connectivity index (χ1n) is 9.14. The Kier molecular flexibility index (Phi) is 8.44. The van der Waals surface area contributed by atoms with E-state index >= 15 is 0 Å². The molecule has 2 amide bonds. The number of phenols is 1. The lowest BCUT2D eigenvalue weighted by molar-refractivity contribution is -0.124. The standard InChI is InChI=1S/C21H24IN3O4/c1-4-29-18-11-15(10-16(22)21(18)28)12-23-25-20(27)8-7-19(26)24-17-9-13(2)5-6-14(17)3/h5-6,9-12,28H,4,7-8H2,1-3H3,(H,24,26)(H,25,27)/b23-12+. The number of halogens is 1. The fourth-order valence-corrected chi connectivity index (χ4v) is 3.10. The van der Waals surface area contributed by atoms with Crippen LogP contribution in [0.2, 0.25) is 0 Å². The molecule has 0 spiro atoms. The van der Waals surface area contributed by atoms with Crippen molar-refractivity contribution in [2.24, 2.45) is 5.10 Å². The predicted octanol–water partition coefficient (Wildman–Crippen LogP) is 3.88. The van der Waals surface area contributed by atoms with Crippen molar-refractivity contribution in [2.45, 2.75) is 33.6 Å². The minimum Gasteiger partial charge on any atom is -0.504 e. The molecule has 0 aliphatic heterocycles. The Morgan fingerprint density at radius 1 is 1.17 bits per heavy atom. The van der Waals surface area contributed by atoms with Gasteiger partial charge in [0.2, 0.25) is 11.8 Å². The average Bonchev–Trinajstić information content (AvgIpc) is 2.67. The van der Waals surface area contributed by atoms with Crippen LogP contribution in [0, 0.1) is 17.4 Å². The molecular weight excluding hydrogens is 485 g/mol. The van der Waals surface area contributed by atoms with Gasteiger partial charge in [-0.2, -0.15) is 5.10 Å². The second kappa shape index (κ2) is 10.8. The average molecular weight is 509 g/mol. The number of ether oxygens (including phenoxy) is 1. The van der Waals surface area contributed by atoms with Crippen molar-refractivity contribution in [3.8, 4) is 11.5 Å². The number of carbonyl (C=O) groups excluding carboxylic acids is 2. The summed E-state index contributed by atoms with van der Waals surface area (Å²) < 4.78 is 5.98. The van der Waals surface area contributed by atoms with Crippen molar-refractivity contribution in [2.75, 3.05) is 11.9 Å². The van der Waals surface area contributed by atoms with Crippen molar-refractivity contribution in [3.05, 3.63) is 50.6 Å². The number of carbonyl (C=O) groups is 2. The number of anilines is 1. The second-order valence-corrected chi connectivity index (χ2v) is 7.60. The molecular formula is C21H24IN3O4. The normalized spacial score (nSPS) is 10.8. The number of phenolic OH excluding ortho intramolecular Hbond substituents is 1. The molecule has 154 valence electrons. The molecule has 7 nitrogen and oxygen atoms in total. The summed E-state index contributed by atoms with van der Waals surface area (Å²) in [5.74, 6) is -0.165. The smallest absolute Gasteiger partial charge is 0.240 e. The molecule has 3 N–H and O–H groups in total. The van der Waals surface area contributed by atoms with Gasteiger partial charge in [-0.25, -0.2) is 5.43 Å². The fraction of sp³-hybridized carbons (Fsp3) is 0.286. The van der Waals surface area contributed by atoms with E-state index in [1.807, 2.05) is 61.6 Å². The lowest BCUT2D eigenvalue weighted by atomic mass is 10.1. The number of aryl methyl sites for hydroxylation is 2. The molecule has 0 aliphatic rings. The molecule has 0 heterocycles. The van der Waals surface area contributed by atoms with Crippen molar-refractivity contribution < 1.29 is 19.4 Å². The lowest BCUT2D eigenvalue weighted by Crippen LogP contribution is -2.21. The molecule has 0 saturated heterocycles. The highest BCUT2D eigenvalue weighted by Crippen LogP contribution is 2.32. The van der Waals surface area contributed by atoms with E-state index < -0.39 is 0 Å². The first-order chi connectivity index (χ1) is 13.8. The largest absolute Gasteiger partial charge is 0.504 e. The van der Waals surface area contributed by atoms with Crippen LogP contribution in [0.1, 0.15) is 36.5 Å². The molecule has 0 unspecified atom stereocenters. The molecule has 0 aromatic heterocycles. The van der Waals surface area contributed by atoms with Crippen molar-refractivity contribution in [3.63, 3.8) is 0 Å². The minimum atomic E-state index is -0.365. The SMILES string of the molecule is CCOc1cc(/C=N/NC(=O)CCC(=O)Nc2cc(C)ccc2C)cc(I)c1O. The highest BCUT2D eigenvalue weighted by molar-refractivity contribution is 14.1. The quantitative estimate of drug-likeness (QED) is 0.286. The predicted molar refractivity (Wildman–Crippen MR) is 122 cm³/mol. The number of hydrogen-bond acceptors (Lipinski definition) is 5. The number of rotatable bonds is 8. The summed E-state index contributed by atoms with van der Waals surface area (Å²) >= 11 is 1.99. The van der Waals surface area contributed by atoms with Crippen LogP contribution in [-0.4, -0.2) is 29.7 Å². The molecule has 8 heteroatoms. The zero-order valence-electron chi connectivity index (χ0n) is 16.6. The van der Waals surface area contributed by atoms with Crippen LogP contribution in [-0.2, 0) is 9.59 Å². The summed E-state index contributed by atoms with van der Waals surface area (Å²) in [4.78, 5) is 24.0. The van der Waals surface area contributed by atoms with E-state index in [1.54, 1.807) is 12.1 Å². The summed E-state index contributed by atoms with van der Waals surface area (Å²) in [5, 5.41) is 16.7. The Hall–Kier alpha value is -2.62. The van der Waals surface area contributed by atoms with Gasteiger partial charge in [-0.05, 0) is 78.3 Å². The number of benzene rings is 2. The summed E-state index contributed by atoms with van der Waals surface area (Å²) in [6.45, 7) is 6.11. The van der Waals surface area contributed by atoms with Gasteiger partial charge in [-0.3, -0.25) is 9.59 Å². The topological polar surface area (TPSA) is 100 Å². The van der Waals surface area contributed by atoms with Crippen molar-refractivity contribution in [1.29, 1.82) is 0 Å². The van der Waals surface area contributed by atoms with Gasteiger partial charge < -0.3 is 15.2 Å². The molecule has 0 bridgehead atoms. The molecule has 0 saturated carbocycles. The van der Waals surface area contributed by atoms with Gasteiger partial charge in [-0.15, -0.1) is 0 Å². The second-order valence-electron chi connectivity index (χ2n) is 6.44. The molecule has 2 aromatic rings. The number of nitrogens with zero attached hydrogens (tertiary/aromatic N) is 1. The Bertz CT molecular complexity index is 928. The zero-order valence-corrected chi connectivity index (χ0v) is 18.7. The molecule has 2 rings (SSSR count). The van der Waals surface area contributed by atoms with Gasteiger partial charge in [0.05, 0.1) is 16.4 Å². The van der Waals surface area contributed by atoms with Crippen molar-refractivity contribution in [1.82, 2.24) is 5.43 Å². The number of hydrogen-bond donors (Lipinski definition) is 3. The van der Waals surface area contributed by atoms with Crippen LogP contribution in [0.25, 0.3) is 0 Å². The Morgan fingerprint density at radius 2 is 1.90 bits per heavy atom. The van der Waals surface area contributed by atoms with Crippen molar-refractivity contribution >= 4 is 46.3 Å². The molecule has 0 radical (unpaired) electrons. The minimum absolute atomic E-state index is 0.0192. The van der Waals surface area contributed by atoms with E-state index in [4.69, 9.17) is 4.74 Å². The molecule has 0 aliphatic carbocycles. The van der Waals surface area contributed by atoms with Crippen LogP contribution in [0.5, 0.6) is 11.5 Å². The monoisotopic (exact) mass is 509 g/mol. The number of aromatic hydroxyl groups is 1. The molecule has 0 fully saturated rings. The zero-order chi connectivity index (χ0) is 21.4. The van der Waals surface area contributed by atoms with E-state index in [2.05, 4.69) is 15.8 Å². The highest BCUT2D eigenvalue weighted by Gasteiger charge is 2.10. The third-order valence-electron chi connectivity index (χ3n) is 4.00. The number of hydrazone groups is 1. The van der Waals surface area contributed by atoms with E-state index in [9.17, 15) is 14.7 Å². The summed E-state index contributed by atoms with van der Waals surface area (Å²) in [7, 11) is 0. The number of nitrogens with one attached hydrogen (secondary N) is 2. The van der Waals surface area contributed by atoms with Crippen LogP contribution in [0.3, 0.4) is 0 Å². The first-order valence-corrected chi connectivity index (χ1v) is 10.2. The van der Waals surface area contributed by atoms with Gasteiger partial charge in [0.1, 0.15) is 0 Å². The molecule has 2 aromatic carbocycles. The molecule has 0 atom stereocenters. The third kappa shape index (κ3) is 7.04. The molecule has 29 heavy (non-hydrogen) atoms. The Morgan fingerprint density at radius 3 is 2.62 bits per heavy atom. The van der Waals surface area contributed by atoms with Crippen LogP contribution in [0.15, 0.2) is 35.4 Å². The summed E-state index contributed by atoms with van der Waals surface area (Å²) in [6.07, 6.45) is 1.53. The highest BCUT2D eigenvalue weighted by atomic mass is 127. The van der Waals surface area contributed by atoms with Gasteiger partial charge >= 0.3 is 0 Å². The van der Waals surface area contributed by atoms with Crippen LogP contribution in [0.4, 0.5) is 5.69 Å². The first kappa shape index (κ1) is 22.7. The maximum Gasteiger partial charge on any atom is 0.240 e. The Balaban J connectivity index is 1.85. The van der Waals surface area contributed by atoms with Crippen LogP contribution >= 0.6 is 22.6 Å². The Labute approximate surface area is 183 Å². The van der Waals surface area contributed by atoms with Gasteiger partial charge in [0.15, 0.2) is 11.5 Å². The van der Waals surface area contributed by atoms with E-state index in [0.29, 0.717) is 21.5 Å². The van der Waals surface area contributed by atoms with Crippen LogP contribution < -0.4 is 15.5 Å². The van der Waals surface area contributed by atoms with E-state index in [0.717, 1.165) is 16.8 Å². The summed E-state index contributed by atoms with van der Waals surface area (Å²) in [6, 6.07) is 9.16. The van der Waals surface area contributed by atoms with Gasteiger partial charge in [-0.1, -0.05) is 12.1 Å². The van der Waals surface area contributed by atoms with Gasteiger partial charge in [0.25, 0.3) is 0 Å². The van der Waals surface area contributed by atoms with E-state index in [1.165, 1.54) is 6.21 Å². The third-order valence-corrected chi connectivity index (χ3v) is 4.82. The fourth-order valence-electron chi connectivity index (χ4n) is 2.48. The maximum absolute atomic E-state index is 12.1. The number of amides is 2. The lowest BCUT2D eigenvalue weighted by Gasteiger charge is -2.09. The van der Waals surface area contributed by atoms with E-state index in [-0.39, 0.29) is 30.4 Å². The maximum atomic E-state index is 12.1. The van der Waals surface area contributed by atoms with Gasteiger partial charge in [0, 0.05) is 18.5 Å². The summed E-state index contributed by atoms with van der Waals surface area (Å²) in [5.41, 5.74) is 5.84.